The molecule has 128 valence electrons. The van der Waals surface area contributed by atoms with E-state index in [1.165, 1.54) is 31.2 Å². The predicted octanol–water partition coefficient (Wildman–Crippen LogP) is 4.52. The minimum absolute atomic E-state index is 0.0497. The zero-order chi connectivity index (χ0) is 16.2. The van der Waals surface area contributed by atoms with Gasteiger partial charge in [0.25, 0.3) is 0 Å². The molecule has 1 aromatic carbocycles. The molecular weight excluding hydrogens is 340 g/mol. The van der Waals surface area contributed by atoms with Gasteiger partial charge in [0.15, 0.2) is 0 Å². The maximum absolute atomic E-state index is 6.14. The first-order valence-corrected chi connectivity index (χ1v) is 10.3. The van der Waals surface area contributed by atoms with E-state index in [0.717, 1.165) is 36.5 Å². The van der Waals surface area contributed by atoms with Crippen molar-refractivity contribution in [3.8, 4) is 0 Å². The Morgan fingerprint density at radius 1 is 1.25 bits per heavy atom. The number of nitrogens with zero attached hydrogens (tertiary/aromatic N) is 2. The third kappa shape index (κ3) is 2.03. The Morgan fingerprint density at radius 2 is 2.12 bits per heavy atom. The normalized spacial score (nSPS) is 41.5. The van der Waals surface area contributed by atoms with Gasteiger partial charge in [-0.2, -0.15) is 0 Å². The van der Waals surface area contributed by atoms with Gasteiger partial charge in [0, 0.05) is 17.5 Å². The van der Waals surface area contributed by atoms with E-state index in [0.29, 0.717) is 5.92 Å². The molecule has 3 nitrogen and oxygen atoms in total. The van der Waals surface area contributed by atoms with Gasteiger partial charge in [0.1, 0.15) is 5.94 Å². The topological polar surface area (TPSA) is 24.8 Å². The monoisotopic (exact) mass is 362 g/mol. The molecule has 0 aromatic heterocycles. The third-order valence-electron chi connectivity index (χ3n) is 6.73. The highest BCUT2D eigenvalue weighted by molar-refractivity contribution is 7.96. The largest absolute Gasteiger partial charge is 0.368 e. The molecule has 4 atom stereocenters. The maximum Gasteiger partial charge on any atom is 0.107 e. The number of hydrogen-bond donors (Lipinski definition) is 0. The third-order valence-corrected chi connectivity index (χ3v) is 8.10. The average molecular weight is 363 g/mol. The van der Waals surface area contributed by atoms with Crippen molar-refractivity contribution >= 4 is 29.8 Å². The summed E-state index contributed by atoms with van der Waals surface area (Å²) in [6, 6.07) is 8.57. The summed E-state index contributed by atoms with van der Waals surface area (Å²) in [7, 11) is 0. The Balaban J connectivity index is 1.60. The van der Waals surface area contributed by atoms with E-state index in [9.17, 15) is 0 Å². The molecule has 1 aromatic rings. The second kappa shape index (κ2) is 5.73. The van der Waals surface area contributed by atoms with Crippen molar-refractivity contribution in [1.82, 2.24) is 4.31 Å². The van der Waals surface area contributed by atoms with Crippen LogP contribution in [-0.4, -0.2) is 40.7 Å². The molecular formula is C19H23ClN2OS. The molecule has 24 heavy (non-hydrogen) atoms. The lowest BCUT2D eigenvalue weighted by Gasteiger charge is -2.52. The van der Waals surface area contributed by atoms with E-state index in [-0.39, 0.29) is 11.1 Å². The Bertz CT molecular complexity index is 660. The molecule has 2 aliphatic heterocycles. The van der Waals surface area contributed by atoms with Crippen LogP contribution < -0.4 is 0 Å². The number of aliphatic imine (C=N–C) groups is 1. The molecule has 0 amide bonds. The molecule has 2 bridgehead atoms. The van der Waals surface area contributed by atoms with E-state index in [4.69, 9.17) is 21.3 Å². The molecule has 1 spiro atoms. The first-order valence-electron chi connectivity index (χ1n) is 9.03. The van der Waals surface area contributed by atoms with Gasteiger partial charge in [0.05, 0.1) is 17.7 Å². The van der Waals surface area contributed by atoms with Gasteiger partial charge < -0.3 is 4.74 Å². The van der Waals surface area contributed by atoms with Crippen molar-refractivity contribution < 1.29 is 4.74 Å². The van der Waals surface area contributed by atoms with Gasteiger partial charge in [-0.05, 0) is 73.9 Å². The van der Waals surface area contributed by atoms with Crippen LogP contribution in [0.15, 0.2) is 29.3 Å². The van der Waals surface area contributed by atoms with Crippen LogP contribution in [-0.2, 0) is 4.74 Å². The number of benzene rings is 1. The van der Waals surface area contributed by atoms with Crippen molar-refractivity contribution in [2.24, 2.45) is 10.9 Å². The van der Waals surface area contributed by atoms with E-state index in [2.05, 4.69) is 22.7 Å². The fraction of sp³-hybridized carbons (Fsp3) is 0.632. The van der Waals surface area contributed by atoms with Crippen molar-refractivity contribution in [3.05, 3.63) is 34.9 Å². The second-order valence-electron chi connectivity index (χ2n) is 7.60. The van der Waals surface area contributed by atoms with Gasteiger partial charge in [-0.1, -0.05) is 23.7 Å². The predicted molar refractivity (Wildman–Crippen MR) is 99.8 cm³/mol. The van der Waals surface area contributed by atoms with Crippen LogP contribution in [0.1, 0.15) is 43.6 Å². The first kappa shape index (κ1) is 15.7. The number of hydrogen-bond acceptors (Lipinski definition) is 4. The molecule has 4 unspecified atom stereocenters. The Labute approximate surface area is 152 Å². The van der Waals surface area contributed by atoms with Gasteiger partial charge in [-0.25, -0.2) is 4.31 Å². The maximum atomic E-state index is 6.14. The van der Waals surface area contributed by atoms with Gasteiger partial charge in [-0.15, -0.1) is 0 Å². The molecule has 5 heteroatoms. The van der Waals surface area contributed by atoms with Crippen molar-refractivity contribution in [1.29, 1.82) is 0 Å². The summed E-state index contributed by atoms with van der Waals surface area (Å²) in [5.74, 6) is 2.06. The summed E-state index contributed by atoms with van der Waals surface area (Å²) in [5, 5.41) is 0.823. The molecule has 5 rings (SSSR count). The summed E-state index contributed by atoms with van der Waals surface area (Å²) in [4.78, 5) is 5.22. The molecule has 0 N–H and O–H groups in total. The standard InChI is InChI=1S/C19H23ClN2OS/c20-16-4-2-14(3-5-16)17-15-6-8-18(12-15,19(17)7-1-9-21-19)22-10-11-23-13-24-22/h2-5,9,15,17H,1,6-8,10-13H2. The fourth-order valence-electron chi connectivity index (χ4n) is 5.95. The van der Waals surface area contributed by atoms with E-state index in [1.54, 1.807) is 0 Å². The second-order valence-corrected chi connectivity index (χ2v) is 8.97. The Hall–Kier alpha value is -0.550. The lowest BCUT2D eigenvalue weighted by Crippen LogP contribution is -2.60. The van der Waals surface area contributed by atoms with Crippen LogP contribution in [0.5, 0.6) is 0 Å². The zero-order valence-corrected chi connectivity index (χ0v) is 15.4. The van der Waals surface area contributed by atoms with Crippen molar-refractivity contribution in [3.63, 3.8) is 0 Å². The summed E-state index contributed by atoms with van der Waals surface area (Å²) < 4.78 is 8.27. The molecule has 1 saturated heterocycles. The molecule has 2 aliphatic carbocycles. The molecule has 4 aliphatic rings. The molecule has 3 fully saturated rings. The minimum Gasteiger partial charge on any atom is -0.368 e. The number of rotatable bonds is 2. The van der Waals surface area contributed by atoms with Gasteiger partial charge in [0.2, 0.25) is 0 Å². The number of fused-ring (bicyclic) bond motifs is 3. The fourth-order valence-corrected chi connectivity index (χ4v) is 7.17. The SMILES string of the molecule is Clc1ccc(C2C3CCC(N4CCOCS4)(C3)C23CCC=N3)cc1. The molecule has 2 heterocycles. The Kier molecular flexibility index (Phi) is 3.75. The van der Waals surface area contributed by atoms with E-state index in [1.807, 2.05) is 24.1 Å². The lowest BCUT2D eigenvalue weighted by atomic mass is 9.65. The average Bonchev–Trinajstić information content (AvgIpc) is 3.32. The van der Waals surface area contributed by atoms with Crippen LogP contribution in [0, 0.1) is 5.92 Å². The summed E-state index contributed by atoms with van der Waals surface area (Å²) in [6.07, 6.45) is 8.39. The highest BCUT2D eigenvalue weighted by Gasteiger charge is 2.70. The summed E-state index contributed by atoms with van der Waals surface area (Å²) >= 11 is 8.03. The van der Waals surface area contributed by atoms with E-state index < -0.39 is 0 Å². The van der Waals surface area contributed by atoms with E-state index >= 15 is 0 Å². The summed E-state index contributed by atoms with van der Waals surface area (Å²) in [5.41, 5.74) is 1.70. The van der Waals surface area contributed by atoms with Crippen LogP contribution in [0.2, 0.25) is 5.02 Å². The minimum atomic E-state index is 0.0497. The van der Waals surface area contributed by atoms with Gasteiger partial charge in [-0.3, -0.25) is 4.99 Å². The summed E-state index contributed by atoms with van der Waals surface area (Å²) in [6.45, 7) is 1.88. The van der Waals surface area contributed by atoms with Gasteiger partial charge >= 0.3 is 0 Å². The zero-order valence-electron chi connectivity index (χ0n) is 13.8. The number of ether oxygens (including phenoxy) is 1. The van der Waals surface area contributed by atoms with Crippen LogP contribution in [0.4, 0.5) is 0 Å². The Morgan fingerprint density at radius 3 is 2.83 bits per heavy atom. The highest BCUT2D eigenvalue weighted by Crippen LogP contribution is 2.68. The molecule has 2 saturated carbocycles. The smallest absolute Gasteiger partial charge is 0.107 e. The first-order chi connectivity index (χ1) is 11.8. The van der Waals surface area contributed by atoms with Crippen molar-refractivity contribution in [2.75, 3.05) is 19.1 Å². The van der Waals surface area contributed by atoms with Crippen LogP contribution in [0.3, 0.4) is 0 Å². The highest BCUT2D eigenvalue weighted by atomic mass is 35.5. The lowest BCUT2D eigenvalue weighted by molar-refractivity contribution is 0.0549. The van der Waals surface area contributed by atoms with Crippen LogP contribution >= 0.6 is 23.5 Å². The number of halogens is 1. The quantitative estimate of drug-likeness (QED) is 0.723. The van der Waals surface area contributed by atoms with Crippen molar-refractivity contribution in [2.45, 2.75) is 49.1 Å². The van der Waals surface area contributed by atoms with Crippen LogP contribution in [0.25, 0.3) is 0 Å². The molecule has 0 radical (unpaired) electrons.